The molecule has 0 aliphatic carbocycles. The molecule has 0 saturated carbocycles. The Bertz CT molecular complexity index is 1490. The number of aromatic nitrogens is 1. The summed E-state index contributed by atoms with van der Waals surface area (Å²) in [4.78, 5) is 33.5. The third kappa shape index (κ3) is 7.79. The number of carbonyl (C=O) groups is 2. The maximum Gasteiger partial charge on any atom is 0.255 e. The van der Waals surface area contributed by atoms with Crippen molar-refractivity contribution >= 4 is 34.9 Å². The fraction of sp³-hybridized carbons (Fsp3) is 0.303. The minimum Gasteiger partial charge on any atom is -0.497 e. The van der Waals surface area contributed by atoms with Crippen LogP contribution in [0.2, 0.25) is 0 Å². The zero-order chi connectivity index (χ0) is 29.3. The highest BCUT2D eigenvalue weighted by atomic mass is 32.2. The molecule has 218 valence electrons. The summed E-state index contributed by atoms with van der Waals surface area (Å²) in [5, 5.41) is 9.71. The van der Waals surface area contributed by atoms with Crippen LogP contribution in [-0.4, -0.2) is 53.0 Å². The van der Waals surface area contributed by atoms with E-state index in [1.54, 1.807) is 54.5 Å². The van der Waals surface area contributed by atoms with Crippen LogP contribution >= 0.6 is 23.1 Å². The van der Waals surface area contributed by atoms with Crippen molar-refractivity contribution in [3.63, 3.8) is 0 Å². The zero-order valence-electron chi connectivity index (χ0n) is 23.9. The Kier molecular flexibility index (Phi) is 10.3. The zero-order valence-corrected chi connectivity index (χ0v) is 25.5. The van der Waals surface area contributed by atoms with Gasteiger partial charge in [-0.2, -0.15) is 0 Å². The highest BCUT2D eigenvalue weighted by Gasteiger charge is 2.33. The Labute approximate surface area is 255 Å². The van der Waals surface area contributed by atoms with Gasteiger partial charge in [-0.15, -0.1) is 23.1 Å². The van der Waals surface area contributed by atoms with Gasteiger partial charge >= 0.3 is 0 Å². The molecule has 1 saturated heterocycles. The quantitative estimate of drug-likeness (QED) is 0.198. The molecule has 2 amide bonds. The van der Waals surface area contributed by atoms with Crippen molar-refractivity contribution in [1.29, 1.82) is 0 Å². The summed E-state index contributed by atoms with van der Waals surface area (Å²) in [6.45, 7) is 3.42. The average Bonchev–Trinajstić information content (AvgIpc) is 3.68. The molecule has 0 bridgehead atoms. The second-order valence-corrected chi connectivity index (χ2v) is 12.3. The Morgan fingerprint density at radius 1 is 1.02 bits per heavy atom. The van der Waals surface area contributed by atoms with Gasteiger partial charge in [-0.05, 0) is 67.8 Å². The fourth-order valence-electron chi connectivity index (χ4n) is 5.02. The lowest BCUT2D eigenvalue weighted by Crippen LogP contribution is -2.38. The number of thioether (sulfide) groups is 1. The van der Waals surface area contributed by atoms with Gasteiger partial charge in [0.15, 0.2) is 0 Å². The van der Waals surface area contributed by atoms with E-state index in [0.29, 0.717) is 30.0 Å². The van der Waals surface area contributed by atoms with E-state index in [4.69, 9.17) is 4.74 Å². The molecule has 0 spiro atoms. The Hall–Kier alpha value is -3.66. The van der Waals surface area contributed by atoms with Crippen LogP contribution in [0.3, 0.4) is 0 Å². The number of ether oxygens (including phenoxy) is 1. The van der Waals surface area contributed by atoms with Gasteiger partial charge in [-0.1, -0.05) is 48.5 Å². The van der Waals surface area contributed by atoms with Gasteiger partial charge in [-0.3, -0.25) is 9.59 Å². The molecule has 1 aromatic heterocycles. The van der Waals surface area contributed by atoms with Gasteiger partial charge < -0.3 is 20.3 Å². The van der Waals surface area contributed by atoms with E-state index in [9.17, 15) is 9.59 Å². The smallest absolute Gasteiger partial charge is 0.255 e. The largest absolute Gasteiger partial charge is 0.497 e. The summed E-state index contributed by atoms with van der Waals surface area (Å²) in [6.07, 6.45) is 1.47. The number of hydrogen-bond acceptors (Lipinski definition) is 7. The van der Waals surface area contributed by atoms with Crippen LogP contribution in [0, 0.1) is 6.92 Å². The minimum absolute atomic E-state index is 0.0431. The van der Waals surface area contributed by atoms with E-state index in [2.05, 4.69) is 33.8 Å². The van der Waals surface area contributed by atoms with Crippen LogP contribution in [0.1, 0.15) is 55.0 Å². The molecular formula is C33H36N4O3S2. The first-order valence-corrected chi connectivity index (χ1v) is 16.1. The number of thiazole rings is 1. The summed E-state index contributed by atoms with van der Waals surface area (Å²) < 4.78 is 5.33. The van der Waals surface area contributed by atoms with Crippen LogP contribution in [-0.2, 0) is 13.0 Å². The molecule has 0 unspecified atom stereocenters. The van der Waals surface area contributed by atoms with Crippen molar-refractivity contribution < 1.29 is 14.3 Å². The predicted molar refractivity (Wildman–Crippen MR) is 170 cm³/mol. The van der Waals surface area contributed by atoms with Crippen molar-refractivity contribution in [3.8, 4) is 5.75 Å². The molecule has 7 nitrogen and oxygen atoms in total. The second kappa shape index (κ2) is 14.5. The Morgan fingerprint density at radius 2 is 1.81 bits per heavy atom. The van der Waals surface area contributed by atoms with Crippen LogP contribution in [0.15, 0.2) is 84.2 Å². The molecule has 3 aromatic carbocycles. The molecule has 2 atom stereocenters. The molecule has 42 heavy (non-hydrogen) atoms. The highest BCUT2D eigenvalue weighted by Crippen LogP contribution is 2.35. The number of nitrogens with zero attached hydrogens (tertiary/aromatic N) is 2. The number of rotatable bonds is 12. The maximum atomic E-state index is 13.5. The monoisotopic (exact) mass is 600 g/mol. The summed E-state index contributed by atoms with van der Waals surface area (Å²) in [5.74, 6) is 2.02. The minimum atomic E-state index is -0.179. The Morgan fingerprint density at radius 3 is 2.60 bits per heavy atom. The third-order valence-electron chi connectivity index (χ3n) is 7.23. The topological polar surface area (TPSA) is 83.6 Å². The lowest BCUT2D eigenvalue weighted by atomic mass is 10.0. The van der Waals surface area contributed by atoms with Crippen molar-refractivity contribution in [1.82, 2.24) is 20.5 Å². The van der Waals surface area contributed by atoms with Gasteiger partial charge in [0.25, 0.3) is 11.8 Å². The molecule has 1 aliphatic heterocycles. The molecule has 1 fully saturated rings. The first-order valence-electron chi connectivity index (χ1n) is 14.1. The van der Waals surface area contributed by atoms with E-state index < -0.39 is 0 Å². The van der Waals surface area contributed by atoms with Crippen LogP contribution in [0.4, 0.5) is 0 Å². The van der Waals surface area contributed by atoms with Gasteiger partial charge in [-0.25, -0.2) is 4.98 Å². The van der Waals surface area contributed by atoms with E-state index in [-0.39, 0.29) is 23.9 Å². The van der Waals surface area contributed by atoms with Gasteiger partial charge in [0.05, 0.1) is 19.0 Å². The number of carbonyl (C=O) groups excluding carboxylic acids is 2. The molecule has 5 rings (SSSR count). The maximum absolute atomic E-state index is 13.5. The summed E-state index contributed by atoms with van der Waals surface area (Å²) in [7, 11) is 1.67. The molecule has 2 heterocycles. The number of amides is 2. The van der Waals surface area contributed by atoms with Crippen LogP contribution in [0.5, 0.6) is 5.75 Å². The van der Waals surface area contributed by atoms with Crippen LogP contribution < -0.4 is 15.4 Å². The average molecular weight is 601 g/mol. The van der Waals surface area contributed by atoms with E-state index in [0.717, 1.165) is 46.3 Å². The van der Waals surface area contributed by atoms with E-state index in [1.807, 2.05) is 53.6 Å². The standard InChI is InChI=1S/C33H36N4O3S2/c1-23-20-42-32(35-23)30-21-41-22-37(30)33(39)27-12-7-11-26(18-27)31(38)36-28(16-24-8-4-3-5-9-24)14-15-34-19-25-10-6-13-29(17-25)40-2/h3-13,17-18,20,28,30,34H,14-16,19,21-22H2,1-2H3,(H,36,38)/t28-,30-/m1/s1. The highest BCUT2D eigenvalue weighted by molar-refractivity contribution is 7.99. The number of benzene rings is 3. The second-order valence-electron chi connectivity index (χ2n) is 10.4. The SMILES string of the molecule is COc1cccc(CNCC[C@H](Cc2ccccc2)NC(=O)c2cccc(C(=O)N3CSC[C@@H]3c3nc(C)cs3)c2)c1. The molecule has 1 aliphatic rings. The van der Waals surface area contributed by atoms with E-state index in [1.165, 1.54) is 0 Å². The first-order chi connectivity index (χ1) is 20.5. The number of hydrogen-bond donors (Lipinski definition) is 2. The predicted octanol–water partition coefficient (Wildman–Crippen LogP) is 5.87. The van der Waals surface area contributed by atoms with Crippen molar-refractivity contribution in [2.24, 2.45) is 0 Å². The molecule has 2 N–H and O–H groups in total. The molecule has 4 aromatic rings. The van der Waals surface area contributed by atoms with Gasteiger partial charge in [0, 0.05) is 40.5 Å². The fourth-order valence-corrected chi connectivity index (χ4v) is 7.19. The van der Waals surface area contributed by atoms with Crippen molar-refractivity contribution in [2.45, 2.75) is 38.4 Å². The number of aryl methyl sites for hydroxylation is 1. The first kappa shape index (κ1) is 29.8. The lowest BCUT2D eigenvalue weighted by molar-refractivity contribution is 0.0746. The number of nitrogens with one attached hydrogen (secondary N) is 2. The summed E-state index contributed by atoms with van der Waals surface area (Å²) in [6, 6.07) is 25.1. The molecule has 0 radical (unpaired) electrons. The van der Waals surface area contributed by atoms with Crippen molar-refractivity contribution in [2.75, 3.05) is 25.3 Å². The van der Waals surface area contributed by atoms with Crippen LogP contribution in [0.25, 0.3) is 0 Å². The van der Waals surface area contributed by atoms with Gasteiger partial charge in [0.1, 0.15) is 10.8 Å². The van der Waals surface area contributed by atoms with Crippen molar-refractivity contribution in [3.05, 3.63) is 117 Å². The van der Waals surface area contributed by atoms with Gasteiger partial charge in [0.2, 0.25) is 0 Å². The summed E-state index contributed by atoms with van der Waals surface area (Å²) in [5.41, 5.74) is 4.27. The summed E-state index contributed by atoms with van der Waals surface area (Å²) >= 11 is 3.32. The van der Waals surface area contributed by atoms with E-state index >= 15 is 0 Å². The normalized spacial score (nSPS) is 15.4. The molecule has 9 heteroatoms. The Balaban J connectivity index is 1.24. The lowest BCUT2D eigenvalue weighted by Gasteiger charge is -2.23. The third-order valence-corrected chi connectivity index (χ3v) is 9.31. The molecular weight excluding hydrogens is 565 g/mol. The number of methoxy groups -OCH3 is 1.